The van der Waals surface area contributed by atoms with Crippen molar-refractivity contribution in [1.82, 2.24) is 19.7 Å². The van der Waals surface area contributed by atoms with Crippen LogP contribution in [0.2, 0.25) is 5.02 Å². The van der Waals surface area contributed by atoms with Crippen molar-refractivity contribution in [2.75, 3.05) is 11.9 Å². The molecule has 0 saturated carbocycles. The van der Waals surface area contributed by atoms with E-state index in [0.717, 1.165) is 28.0 Å². The summed E-state index contributed by atoms with van der Waals surface area (Å²) in [6.45, 7) is 2.48. The average molecular weight is 472 g/mol. The van der Waals surface area contributed by atoms with Gasteiger partial charge in [0.1, 0.15) is 10.9 Å². The lowest BCUT2D eigenvalue weighted by Crippen LogP contribution is -2.42. The number of nitrogens with one attached hydrogen (secondary N) is 1. The van der Waals surface area contributed by atoms with E-state index in [1.807, 2.05) is 41.9 Å². The first-order valence-electron chi connectivity index (χ1n) is 9.77. The van der Waals surface area contributed by atoms with Crippen LogP contribution in [0.15, 0.2) is 41.9 Å². The van der Waals surface area contributed by atoms with Gasteiger partial charge in [-0.3, -0.25) is 9.59 Å². The van der Waals surface area contributed by atoms with Crippen LogP contribution in [0.5, 0.6) is 0 Å². The highest BCUT2D eigenvalue weighted by Crippen LogP contribution is 2.33. The number of thiazole rings is 1. The zero-order valence-corrected chi connectivity index (χ0v) is 18.9. The van der Waals surface area contributed by atoms with Gasteiger partial charge in [0.15, 0.2) is 5.13 Å². The van der Waals surface area contributed by atoms with Gasteiger partial charge < -0.3 is 10.2 Å². The van der Waals surface area contributed by atoms with E-state index in [1.54, 1.807) is 16.5 Å². The van der Waals surface area contributed by atoms with Gasteiger partial charge in [-0.05, 0) is 44.0 Å². The number of carbonyl (C=O) groups excluding carboxylic acids is 2. The number of hydrogen-bond acceptors (Lipinski definition) is 6. The van der Waals surface area contributed by atoms with Crippen LogP contribution < -0.4 is 5.32 Å². The van der Waals surface area contributed by atoms with Crippen LogP contribution in [0.3, 0.4) is 0 Å². The second-order valence-corrected chi connectivity index (χ2v) is 9.65. The Labute approximate surface area is 191 Å². The van der Waals surface area contributed by atoms with Crippen molar-refractivity contribution in [1.29, 1.82) is 0 Å². The molecule has 0 spiro atoms. The van der Waals surface area contributed by atoms with Crippen LogP contribution in [-0.2, 0) is 4.79 Å². The molecule has 1 aliphatic heterocycles. The van der Waals surface area contributed by atoms with Gasteiger partial charge >= 0.3 is 0 Å². The number of anilines is 1. The van der Waals surface area contributed by atoms with Gasteiger partial charge in [0.2, 0.25) is 5.91 Å². The predicted molar refractivity (Wildman–Crippen MR) is 123 cm³/mol. The van der Waals surface area contributed by atoms with Crippen LogP contribution in [0.4, 0.5) is 5.13 Å². The molecule has 3 aromatic heterocycles. The maximum atomic E-state index is 13.3. The van der Waals surface area contributed by atoms with Gasteiger partial charge in [-0.2, -0.15) is 5.10 Å². The first kappa shape index (κ1) is 20.2. The first-order valence-corrected chi connectivity index (χ1v) is 11.8. The number of rotatable bonds is 4. The molecule has 1 atom stereocenters. The van der Waals surface area contributed by atoms with Crippen molar-refractivity contribution in [3.05, 3.63) is 57.5 Å². The molecular weight excluding hydrogens is 454 g/mol. The number of fused-ring (bicyclic) bond motifs is 1. The molecule has 1 saturated heterocycles. The van der Waals surface area contributed by atoms with Gasteiger partial charge in [0, 0.05) is 28.5 Å². The third-order valence-electron chi connectivity index (χ3n) is 5.29. The summed E-state index contributed by atoms with van der Waals surface area (Å²) in [5.41, 5.74) is 1.68. The Morgan fingerprint density at radius 3 is 2.94 bits per heavy atom. The molecule has 1 aliphatic rings. The lowest BCUT2D eigenvalue weighted by atomic mass is 10.2. The fourth-order valence-electron chi connectivity index (χ4n) is 3.83. The molecule has 0 bridgehead atoms. The minimum Gasteiger partial charge on any atom is -0.326 e. The Morgan fingerprint density at radius 2 is 2.16 bits per heavy atom. The number of likely N-dealkylation sites (tertiary alicyclic amines) is 1. The van der Waals surface area contributed by atoms with Crippen molar-refractivity contribution in [3.8, 4) is 5.69 Å². The molecule has 4 heterocycles. The number of hydrogen-bond donors (Lipinski definition) is 1. The van der Waals surface area contributed by atoms with Gasteiger partial charge in [0.05, 0.1) is 16.3 Å². The molecule has 0 aliphatic carbocycles. The van der Waals surface area contributed by atoms with E-state index in [2.05, 4.69) is 15.4 Å². The molecule has 1 unspecified atom stereocenters. The summed E-state index contributed by atoms with van der Waals surface area (Å²) in [6, 6.07) is 8.83. The fraction of sp³-hybridized carbons (Fsp3) is 0.238. The molecular formula is C21H18ClN5O2S2. The summed E-state index contributed by atoms with van der Waals surface area (Å²) < 4.78 is 1.81. The molecule has 0 radical (unpaired) electrons. The number of nitrogens with zero attached hydrogens (tertiary/aromatic N) is 4. The predicted octanol–water partition coefficient (Wildman–Crippen LogP) is 4.75. The lowest BCUT2D eigenvalue weighted by Gasteiger charge is -2.22. The highest BCUT2D eigenvalue weighted by Gasteiger charge is 2.35. The summed E-state index contributed by atoms with van der Waals surface area (Å²) in [5, 5.41) is 11.3. The number of amides is 2. The molecule has 4 aromatic rings. The molecule has 1 aromatic carbocycles. The van der Waals surface area contributed by atoms with E-state index >= 15 is 0 Å². The van der Waals surface area contributed by atoms with Crippen LogP contribution in [0, 0.1) is 6.92 Å². The molecule has 1 fully saturated rings. The standard InChI is InChI=1S/C21H18ClN5O2S2/c1-12-15-11-17(31-20(15)27(25-12)14-5-2-4-13(22)10-14)19(29)26-8-3-6-16(26)18(28)24-21-23-7-9-30-21/h2,4-5,7,9-11,16H,3,6,8H2,1H3,(H,23,24,28). The highest BCUT2D eigenvalue weighted by molar-refractivity contribution is 7.20. The van der Waals surface area contributed by atoms with Crippen molar-refractivity contribution in [2.24, 2.45) is 0 Å². The monoisotopic (exact) mass is 471 g/mol. The first-order chi connectivity index (χ1) is 15.0. The minimum absolute atomic E-state index is 0.130. The van der Waals surface area contributed by atoms with E-state index in [9.17, 15) is 9.59 Å². The Balaban J connectivity index is 1.44. The van der Waals surface area contributed by atoms with Gasteiger partial charge in [0.25, 0.3) is 5.91 Å². The Kier molecular flexibility index (Phi) is 5.25. The molecule has 158 valence electrons. The quantitative estimate of drug-likeness (QED) is 0.465. The minimum atomic E-state index is -0.493. The molecule has 1 N–H and O–H groups in total. The third kappa shape index (κ3) is 3.73. The number of carbonyl (C=O) groups is 2. The van der Waals surface area contributed by atoms with E-state index in [-0.39, 0.29) is 11.8 Å². The number of aryl methyl sites for hydroxylation is 1. The summed E-state index contributed by atoms with van der Waals surface area (Å²) >= 11 is 8.89. The largest absolute Gasteiger partial charge is 0.326 e. The summed E-state index contributed by atoms with van der Waals surface area (Å²) in [6.07, 6.45) is 3.08. The van der Waals surface area contributed by atoms with Crippen LogP contribution in [-0.4, -0.2) is 44.1 Å². The van der Waals surface area contributed by atoms with E-state index in [1.165, 1.54) is 22.7 Å². The molecule has 10 heteroatoms. The number of thiophene rings is 1. The fourth-order valence-corrected chi connectivity index (χ4v) is 5.69. The highest BCUT2D eigenvalue weighted by atomic mass is 35.5. The normalized spacial score (nSPS) is 16.2. The smallest absolute Gasteiger partial charge is 0.264 e. The van der Waals surface area contributed by atoms with Crippen LogP contribution in [0.1, 0.15) is 28.2 Å². The van der Waals surface area contributed by atoms with Gasteiger partial charge in [-0.25, -0.2) is 9.67 Å². The molecule has 31 heavy (non-hydrogen) atoms. The van der Waals surface area contributed by atoms with E-state index in [0.29, 0.717) is 28.0 Å². The molecule has 2 amide bonds. The molecule has 5 rings (SSSR count). The Morgan fingerprint density at radius 1 is 1.29 bits per heavy atom. The average Bonchev–Trinajstić information content (AvgIpc) is 3.53. The number of halogens is 1. The summed E-state index contributed by atoms with van der Waals surface area (Å²) in [4.78, 5) is 33.3. The maximum Gasteiger partial charge on any atom is 0.264 e. The Bertz CT molecular complexity index is 1280. The number of aromatic nitrogens is 3. The van der Waals surface area contributed by atoms with Crippen molar-refractivity contribution in [2.45, 2.75) is 25.8 Å². The summed E-state index contributed by atoms with van der Waals surface area (Å²) in [7, 11) is 0. The second-order valence-electron chi connectivity index (χ2n) is 7.29. The van der Waals surface area contributed by atoms with Crippen molar-refractivity contribution >= 4 is 61.4 Å². The van der Waals surface area contributed by atoms with Crippen LogP contribution in [0.25, 0.3) is 15.9 Å². The van der Waals surface area contributed by atoms with Crippen LogP contribution >= 0.6 is 34.3 Å². The third-order valence-corrected chi connectivity index (χ3v) is 7.31. The second kappa shape index (κ2) is 8.07. The Hall–Kier alpha value is -2.75. The summed E-state index contributed by atoms with van der Waals surface area (Å²) in [5.74, 6) is -0.321. The van der Waals surface area contributed by atoms with Crippen molar-refractivity contribution < 1.29 is 9.59 Å². The van der Waals surface area contributed by atoms with E-state index in [4.69, 9.17) is 11.6 Å². The van der Waals surface area contributed by atoms with Gasteiger partial charge in [-0.15, -0.1) is 22.7 Å². The SMILES string of the molecule is Cc1nn(-c2cccc(Cl)c2)c2sc(C(=O)N3CCCC3C(=O)Nc3nccs3)cc12. The van der Waals surface area contributed by atoms with E-state index < -0.39 is 6.04 Å². The zero-order valence-electron chi connectivity index (χ0n) is 16.5. The maximum absolute atomic E-state index is 13.3. The van der Waals surface area contributed by atoms with Gasteiger partial charge in [-0.1, -0.05) is 17.7 Å². The molecule has 7 nitrogen and oxygen atoms in total. The lowest BCUT2D eigenvalue weighted by molar-refractivity contribution is -0.119. The zero-order chi connectivity index (χ0) is 21.5. The van der Waals surface area contributed by atoms with Crippen molar-refractivity contribution in [3.63, 3.8) is 0 Å². The topological polar surface area (TPSA) is 80.1 Å². The number of benzene rings is 1.